The van der Waals surface area contributed by atoms with Gasteiger partial charge in [0.2, 0.25) is 0 Å². The van der Waals surface area contributed by atoms with Gasteiger partial charge < -0.3 is 44.3 Å². The van der Waals surface area contributed by atoms with Crippen molar-refractivity contribution in [1.82, 2.24) is 73.1 Å². The summed E-state index contributed by atoms with van der Waals surface area (Å²) in [5.74, 6) is 2.36. The van der Waals surface area contributed by atoms with Gasteiger partial charge in [-0.25, -0.2) is 19.9 Å². The monoisotopic (exact) mass is 1470 g/mol. The maximum atomic E-state index is 4.62. The molecule has 0 spiro atoms. The fourth-order valence-electron chi connectivity index (χ4n) is 16.7. The van der Waals surface area contributed by atoms with Crippen molar-refractivity contribution in [2.24, 2.45) is 0 Å². The van der Waals surface area contributed by atoms with E-state index in [-0.39, 0.29) is 0 Å². The van der Waals surface area contributed by atoms with E-state index in [1.54, 1.807) is 0 Å². The number of hydrogen-bond acceptors (Lipinski definition) is 4. The molecule has 16 heteroatoms. The Hall–Kier alpha value is -13.1. The number of nitrogens with zero attached hydrogens (tertiary/aromatic N) is 16. The van der Waals surface area contributed by atoms with Crippen LogP contribution in [-0.4, -0.2) is 73.1 Å². The minimum Gasteiger partial charge on any atom is -0.307 e. The second kappa shape index (κ2) is 28.7. The fourth-order valence-corrected chi connectivity index (χ4v) is 16.7. The number of para-hydroxylation sites is 2. The molecule has 4 aliphatic rings. The van der Waals surface area contributed by atoms with Gasteiger partial charge in [0.25, 0.3) is 0 Å². The molecule has 0 saturated heterocycles. The Morgan fingerprint density at radius 3 is 1.02 bits per heavy atom. The molecule has 20 aromatic rings. The zero-order valence-corrected chi connectivity index (χ0v) is 67.1. The minimum absolute atomic E-state index is 0.977. The predicted molar refractivity (Wildman–Crippen MR) is 457 cm³/mol. The Morgan fingerprint density at radius 1 is 0.286 bits per heavy atom. The molecule has 0 radical (unpaired) electrons. The number of rotatable bonds is 0. The van der Waals surface area contributed by atoms with E-state index < -0.39 is 0 Å². The van der Waals surface area contributed by atoms with Gasteiger partial charge in [0.05, 0.1) is 67.6 Å². The van der Waals surface area contributed by atoms with Crippen molar-refractivity contribution < 1.29 is 0 Å². The van der Waals surface area contributed by atoms with E-state index in [2.05, 4.69) is 416 Å². The number of aromatic nitrogens is 16. The molecule has 18 aromatic heterocycles. The number of hydrogen-bond donors (Lipinski definition) is 0. The molecule has 0 unspecified atom stereocenters. The summed E-state index contributed by atoms with van der Waals surface area (Å²) in [4.78, 5) is 18.4. The second-order valence-electron chi connectivity index (χ2n) is 30.6. The number of fused-ring (bicyclic) bond motifs is 24. The van der Waals surface area contributed by atoms with Gasteiger partial charge in [0, 0.05) is 123 Å². The third-order valence-electron chi connectivity index (χ3n) is 23.7. The van der Waals surface area contributed by atoms with Crippen molar-refractivity contribution in [3.63, 3.8) is 0 Å². The first-order chi connectivity index (χ1) is 54.2. The summed E-state index contributed by atoms with van der Waals surface area (Å²) in [5, 5.41) is 0. The highest BCUT2D eigenvalue weighted by molar-refractivity contribution is 5.76. The zero-order valence-electron chi connectivity index (χ0n) is 67.1. The Balaban J connectivity index is 0.0000000929. The zero-order chi connectivity index (χ0) is 77.7. The molecule has 2 aliphatic carbocycles. The summed E-state index contributed by atoms with van der Waals surface area (Å²) in [6, 6.07) is 58.8. The van der Waals surface area contributed by atoms with Gasteiger partial charge in [-0.15, -0.1) is 0 Å². The van der Waals surface area contributed by atoms with Gasteiger partial charge in [-0.2, -0.15) is 0 Å². The standard InChI is InChI=1S/8C12H12N2/c2*1-9-7-13-8-11-5-3-4-6-14(11)12(13)10(9)2;2*1-9-7-12-13-6-4-3-5-11(13)8-14(12)10(9)2;2*1-8-9(2)14-11-6-4-3-5-10(11)7-12(14)13-8;2*1-8-7-10-12(9(8)2)14-6-4-3-5-11(14)13-10/h4*3-8H,1-2H3;4*3-6H,7H2,1-2H3. The fraction of sp³-hybridized carbons (Fsp3) is 0.208. The van der Waals surface area contributed by atoms with Crippen molar-refractivity contribution in [2.45, 2.75) is 136 Å². The van der Waals surface area contributed by atoms with Crippen LogP contribution in [0.3, 0.4) is 0 Å². The highest BCUT2D eigenvalue weighted by atomic mass is 15.1. The van der Waals surface area contributed by atoms with Gasteiger partial charge in [-0.1, -0.05) is 83.9 Å². The lowest BCUT2D eigenvalue weighted by Crippen LogP contribution is -1.94. The van der Waals surface area contributed by atoms with Crippen molar-refractivity contribution in [3.8, 4) is 11.4 Å². The highest BCUT2D eigenvalue weighted by Gasteiger charge is 2.26. The molecule has 2 aliphatic heterocycles. The van der Waals surface area contributed by atoms with Crippen LogP contribution < -0.4 is 0 Å². The van der Waals surface area contributed by atoms with E-state index in [4.69, 9.17) is 0 Å². The van der Waals surface area contributed by atoms with Crippen LogP contribution in [0.25, 0.3) is 78.5 Å². The molecule has 24 rings (SSSR count). The summed E-state index contributed by atoms with van der Waals surface area (Å²) in [5.41, 5.74) is 43.8. The first-order valence-electron chi connectivity index (χ1n) is 38.9. The van der Waals surface area contributed by atoms with Crippen molar-refractivity contribution in [2.75, 3.05) is 0 Å². The summed E-state index contributed by atoms with van der Waals surface area (Å²) < 4.78 is 26.6. The molecule has 0 amide bonds. The van der Waals surface area contributed by atoms with E-state index in [1.165, 1.54) is 180 Å². The lowest BCUT2D eigenvalue weighted by molar-refractivity contribution is 0.965. The van der Waals surface area contributed by atoms with Crippen LogP contribution in [0.2, 0.25) is 0 Å². The Kier molecular flexibility index (Phi) is 18.4. The van der Waals surface area contributed by atoms with Crippen molar-refractivity contribution in [3.05, 3.63) is 368 Å². The Morgan fingerprint density at radius 2 is 0.625 bits per heavy atom. The van der Waals surface area contributed by atoms with Gasteiger partial charge >= 0.3 is 0 Å². The molecule has 0 N–H and O–H groups in total. The number of pyridine rings is 6. The van der Waals surface area contributed by atoms with E-state index in [0.29, 0.717) is 0 Å². The Bertz CT molecular complexity index is 6660. The molecule has 2 aromatic carbocycles. The predicted octanol–water partition coefficient (Wildman–Crippen LogP) is 21.4. The molecule has 0 saturated carbocycles. The summed E-state index contributed by atoms with van der Waals surface area (Å²) in [6.07, 6.45) is 29.6. The van der Waals surface area contributed by atoms with Crippen molar-refractivity contribution in [1.29, 1.82) is 0 Å². The van der Waals surface area contributed by atoms with E-state index in [9.17, 15) is 0 Å². The molecule has 16 nitrogen and oxygen atoms in total. The number of allylic oxidation sites excluding steroid dienone is 4. The molecule has 112 heavy (non-hydrogen) atoms. The quantitative estimate of drug-likeness (QED) is 0.151. The first kappa shape index (κ1) is 71.8. The third-order valence-corrected chi connectivity index (χ3v) is 23.7. The van der Waals surface area contributed by atoms with Crippen LogP contribution in [0, 0.1) is 83.1 Å². The van der Waals surface area contributed by atoms with Gasteiger partial charge in [0.1, 0.15) is 45.5 Å². The maximum Gasteiger partial charge on any atom is 0.137 e. The van der Waals surface area contributed by atoms with E-state index in [1.807, 2.05) is 12.1 Å². The van der Waals surface area contributed by atoms with Gasteiger partial charge in [0.15, 0.2) is 0 Å². The molecular weight excluding hydrogens is 1380 g/mol. The lowest BCUT2D eigenvalue weighted by Gasteiger charge is -2.03. The smallest absolute Gasteiger partial charge is 0.137 e. The topological polar surface area (TPSA) is 106 Å². The number of imidazole rings is 8. The second-order valence-corrected chi connectivity index (χ2v) is 30.6. The average molecular weight is 1470 g/mol. The van der Waals surface area contributed by atoms with E-state index in [0.717, 1.165) is 48.4 Å². The van der Waals surface area contributed by atoms with Crippen LogP contribution in [-0.2, 0) is 25.7 Å². The van der Waals surface area contributed by atoms with Crippen LogP contribution in [0.1, 0.15) is 141 Å². The number of aryl methyl sites for hydroxylation is 10. The average Bonchev–Trinajstić information content (AvgIpc) is 1.78. The molecule has 560 valence electrons. The van der Waals surface area contributed by atoms with E-state index >= 15 is 0 Å². The number of benzene rings is 2. The Labute approximate surface area is 652 Å². The largest absolute Gasteiger partial charge is 0.307 e. The summed E-state index contributed by atoms with van der Waals surface area (Å²) in [7, 11) is 0. The highest BCUT2D eigenvalue weighted by Crippen LogP contribution is 2.36. The van der Waals surface area contributed by atoms with Crippen LogP contribution in [0.5, 0.6) is 0 Å². The molecule has 0 bridgehead atoms. The van der Waals surface area contributed by atoms with Crippen LogP contribution in [0.15, 0.2) is 255 Å². The van der Waals surface area contributed by atoms with Crippen molar-refractivity contribution >= 4 is 67.1 Å². The normalized spacial score (nSPS) is 12.8. The van der Waals surface area contributed by atoms with Gasteiger partial charge in [-0.05, 0) is 263 Å². The molecular formula is C96H96N16. The third kappa shape index (κ3) is 12.5. The molecule has 0 fully saturated rings. The summed E-state index contributed by atoms with van der Waals surface area (Å²) in [6.45, 7) is 34.4. The minimum atomic E-state index is 0.977. The maximum absolute atomic E-state index is 4.62. The molecule has 20 heterocycles. The lowest BCUT2D eigenvalue weighted by atomic mass is 10.1. The SMILES string of the molecule is CC1=C(C)c2c(nc3ccccn23)C1.CC1=C(C)c2c(nc3ccccn23)C1.Cc1cc2n(cc3ccccn32)c1C.Cc1cc2n(cc3ccccn32)c1C.Cc1cn2cc3ccccn3c2c1C.Cc1cn2cc3ccccn3c2c1C.Cc1nc2n(c1C)-c1ccccc1C2.Cc1nc2n(c1C)-c1ccccc1C2. The van der Waals surface area contributed by atoms with Gasteiger partial charge in [-0.3, -0.25) is 8.80 Å². The van der Waals surface area contributed by atoms with Crippen LogP contribution in [0.4, 0.5) is 0 Å². The van der Waals surface area contributed by atoms with Crippen LogP contribution >= 0.6 is 0 Å². The molecule has 0 atom stereocenters. The summed E-state index contributed by atoms with van der Waals surface area (Å²) >= 11 is 0. The first-order valence-corrected chi connectivity index (χ1v) is 38.9.